The topological polar surface area (TPSA) is 156 Å². The number of nitro benzene ring substituents is 1. The van der Waals surface area contributed by atoms with Crippen LogP contribution in [0.1, 0.15) is 0 Å². The first-order chi connectivity index (χ1) is 15.4. The fourth-order valence-corrected chi connectivity index (χ4v) is 2.86. The van der Waals surface area contributed by atoms with Crippen molar-refractivity contribution < 1.29 is 23.9 Å². The molecule has 1 aromatic heterocycles. The van der Waals surface area contributed by atoms with Crippen LogP contribution in [0.3, 0.4) is 0 Å². The number of nitro groups is 1. The van der Waals surface area contributed by atoms with Gasteiger partial charge < -0.3 is 35.3 Å². The Bertz CT molecular complexity index is 1140. The van der Waals surface area contributed by atoms with Crippen molar-refractivity contribution in [3.8, 4) is 23.0 Å². The van der Waals surface area contributed by atoms with Gasteiger partial charge in [-0.1, -0.05) is 0 Å². The summed E-state index contributed by atoms with van der Waals surface area (Å²) in [6, 6.07) is 7.78. The van der Waals surface area contributed by atoms with E-state index in [4.69, 9.17) is 24.7 Å². The van der Waals surface area contributed by atoms with Gasteiger partial charge in [0.2, 0.25) is 11.7 Å². The van der Waals surface area contributed by atoms with Gasteiger partial charge in [-0.15, -0.1) is 0 Å². The molecule has 12 heteroatoms. The maximum absolute atomic E-state index is 11.4. The van der Waals surface area contributed by atoms with E-state index in [2.05, 4.69) is 20.6 Å². The van der Waals surface area contributed by atoms with E-state index in [1.54, 1.807) is 18.2 Å². The summed E-state index contributed by atoms with van der Waals surface area (Å²) in [6.07, 6.45) is 1.45. The summed E-state index contributed by atoms with van der Waals surface area (Å²) in [7, 11) is 5.77. The number of ether oxygens (including phenoxy) is 4. The Morgan fingerprint density at radius 1 is 0.875 bits per heavy atom. The molecule has 0 amide bonds. The van der Waals surface area contributed by atoms with Crippen molar-refractivity contribution in [3.63, 3.8) is 0 Å². The molecule has 12 nitrogen and oxygen atoms in total. The highest BCUT2D eigenvalue weighted by Gasteiger charge is 2.21. The zero-order chi connectivity index (χ0) is 23.3. The molecule has 2 aromatic carbocycles. The number of nitrogens with two attached hydrogens (primary N) is 1. The summed E-state index contributed by atoms with van der Waals surface area (Å²) in [4.78, 5) is 19.5. The van der Waals surface area contributed by atoms with Crippen molar-refractivity contribution in [1.29, 1.82) is 0 Å². The third kappa shape index (κ3) is 4.64. The maximum atomic E-state index is 11.4. The number of hydrogen-bond acceptors (Lipinski definition) is 11. The molecule has 0 aliphatic heterocycles. The van der Waals surface area contributed by atoms with E-state index in [1.165, 1.54) is 46.8 Å². The van der Waals surface area contributed by atoms with Gasteiger partial charge in [0.05, 0.1) is 50.9 Å². The van der Waals surface area contributed by atoms with Crippen LogP contribution in [0.5, 0.6) is 23.0 Å². The molecule has 3 rings (SSSR count). The third-order valence-corrected chi connectivity index (χ3v) is 4.40. The lowest BCUT2D eigenvalue weighted by Gasteiger charge is -2.15. The largest absolute Gasteiger partial charge is 0.495 e. The van der Waals surface area contributed by atoms with Gasteiger partial charge in [-0.3, -0.25) is 10.1 Å². The molecule has 3 aromatic rings. The standard InChI is InChI=1S/C20H22N6O6/c1-29-15-6-5-11(21)7-12(15)23-19-18(32-4)10-22-20(25-19)24-13-8-14(26(27)28)17(31-3)9-16(13)30-2/h5-10H,21H2,1-4H3,(H2,22,23,24,25). The number of nitrogens with one attached hydrogen (secondary N) is 2. The van der Waals surface area contributed by atoms with Crippen molar-refractivity contribution in [1.82, 2.24) is 9.97 Å². The van der Waals surface area contributed by atoms with Gasteiger partial charge in [0.1, 0.15) is 11.5 Å². The second-order valence-corrected chi connectivity index (χ2v) is 6.30. The highest BCUT2D eigenvalue weighted by Crippen LogP contribution is 2.39. The van der Waals surface area contributed by atoms with Gasteiger partial charge in [0.15, 0.2) is 11.6 Å². The van der Waals surface area contributed by atoms with Crippen molar-refractivity contribution in [2.75, 3.05) is 44.8 Å². The highest BCUT2D eigenvalue weighted by molar-refractivity contribution is 5.74. The first-order valence-corrected chi connectivity index (χ1v) is 9.19. The molecule has 0 atom stereocenters. The van der Waals surface area contributed by atoms with Crippen LogP contribution in [-0.2, 0) is 0 Å². The molecule has 0 radical (unpaired) electrons. The Labute approximate surface area is 183 Å². The molecule has 1 heterocycles. The molecule has 4 N–H and O–H groups in total. The molecular weight excluding hydrogens is 420 g/mol. The number of rotatable bonds is 9. The van der Waals surface area contributed by atoms with Crippen LogP contribution in [0.2, 0.25) is 0 Å². The maximum Gasteiger partial charge on any atom is 0.313 e. The lowest BCUT2D eigenvalue weighted by molar-refractivity contribution is -0.385. The van der Waals surface area contributed by atoms with E-state index < -0.39 is 4.92 Å². The van der Waals surface area contributed by atoms with E-state index >= 15 is 0 Å². The number of anilines is 5. The van der Waals surface area contributed by atoms with Crippen molar-refractivity contribution in [3.05, 3.63) is 46.6 Å². The summed E-state index contributed by atoms with van der Waals surface area (Å²) < 4.78 is 21.1. The van der Waals surface area contributed by atoms with Gasteiger partial charge in [0, 0.05) is 17.8 Å². The van der Waals surface area contributed by atoms with Crippen LogP contribution in [-0.4, -0.2) is 43.3 Å². The minimum Gasteiger partial charge on any atom is -0.495 e. The predicted molar refractivity (Wildman–Crippen MR) is 119 cm³/mol. The van der Waals surface area contributed by atoms with Gasteiger partial charge in [-0.2, -0.15) is 4.98 Å². The molecule has 0 bridgehead atoms. The van der Waals surface area contributed by atoms with E-state index in [1.807, 2.05) is 0 Å². The lowest BCUT2D eigenvalue weighted by Crippen LogP contribution is -2.05. The zero-order valence-corrected chi connectivity index (χ0v) is 17.8. The van der Waals surface area contributed by atoms with Crippen molar-refractivity contribution >= 4 is 34.5 Å². The Morgan fingerprint density at radius 3 is 2.16 bits per heavy atom. The molecular formula is C20H22N6O6. The zero-order valence-electron chi connectivity index (χ0n) is 17.8. The lowest BCUT2D eigenvalue weighted by atomic mass is 10.2. The van der Waals surface area contributed by atoms with Crippen molar-refractivity contribution in [2.45, 2.75) is 0 Å². The van der Waals surface area contributed by atoms with Crippen LogP contribution < -0.4 is 35.3 Å². The van der Waals surface area contributed by atoms with Crippen LogP contribution in [0.15, 0.2) is 36.5 Å². The number of methoxy groups -OCH3 is 4. The van der Waals surface area contributed by atoms with E-state index in [0.29, 0.717) is 34.4 Å². The number of nitrogen functional groups attached to an aromatic ring is 1. The first-order valence-electron chi connectivity index (χ1n) is 9.19. The smallest absolute Gasteiger partial charge is 0.313 e. The van der Waals surface area contributed by atoms with E-state index in [0.717, 1.165) is 0 Å². The van der Waals surface area contributed by atoms with Gasteiger partial charge >= 0.3 is 5.69 Å². The molecule has 0 unspecified atom stereocenters. The summed E-state index contributed by atoms with van der Waals surface area (Å²) >= 11 is 0. The predicted octanol–water partition coefficient (Wildman–Crippen LogP) is 3.49. The van der Waals surface area contributed by atoms with Crippen LogP contribution in [0.4, 0.5) is 34.5 Å². The van der Waals surface area contributed by atoms with E-state index in [9.17, 15) is 10.1 Å². The quantitative estimate of drug-likeness (QED) is 0.253. The number of aromatic nitrogens is 2. The summed E-state index contributed by atoms with van der Waals surface area (Å²) in [6.45, 7) is 0. The average Bonchev–Trinajstić information content (AvgIpc) is 2.79. The Kier molecular flexibility index (Phi) is 6.63. The molecule has 0 aliphatic rings. The van der Waals surface area contributed by atoms with Crippen LogP contribution in [0, 0.1) is 10.1 Å². The highest BCUT2D eigenvalue weighted by atomic mass is 16.6. The molecule has 0 fully saturated rings. The van der Waals surface area contributed by atoms with Crippen LogP contribution in [0.25, 0.3) is 0 Å². The average molecular weight is 442 g/mol. The summed E-state index contributed by atoms with van der Waals surface area (Å²) in [5, 5.41) is 17.4. The van der Waals surface area contributed by atoms with Crippen LogP contribution >= 0.6 is 0 Å². The second-order valence-electron chi connectivity index (χ2n) is 6.30. The van der Waals surface area contributed by atoms with Gasteiger partial charge in [-0.25, -0.2) is 4.98 Å². The molecule has 0 saturated heterocycles. The van der Waals surface area contributed by atoms with E-state index in [-0.39, 0.29) is 23.1 Å². The molecule has 32 heavy (non-hydrogen) atoms. The summed E-state index contributed by atoms with van der Waals surface area (Å²) in [5.74, 6) is 1.71. The normalized spacial score (nSPS) is 10.2. The Balaban J connectivity index is 2.00. The second kappa shape index (κ2) is 9.55. The fraction of sp³-hybridized carbons (Fsp3) is 0.200. The molecule has 0 saturated carbocycles. The van der Waals surface area contributed by atoms with Crippen molar-refractivity contribution in [2.24, 2.45) is 0 Å². The minimum atomic E-state index is -0.558. The number of hydrogen-bond donors (Lipinski definition) is 3. The SMILES string of the molecule is COc1cc(OC)c([N+](=O)[O-])cc1Nc1ncc(OC)c(Nc2cc(N)ccc2OC)n1. The summed E-state index contributed by atoms with van der Waals surface area (Å²) in [5.41, 5.74) is 7.00. The monoisotopic (exact) mass is 442 g/mol. The van der Waals surface area contributed by atoms with Gasteiger partial charge in [-0.05, 0) is 18.2 Å². The molecule has 168 valence electrons. The van der Waals surface area contributed by atoms with Gasteiger partial charge in [0.25, 0.3) is 0 Å². The molecule has 0 spiro atoms. The number of benzene rings is 2. The Hall–Kier alpha value is -4.48. The first kappa shape index (κ1) is 22.2. The number of nitrogens with zero attached hydrogens (tertiary/aromatic N) is 3. The third-order valence-electron chi connectivity index (χ3n) is 4.40. The minimum absolute atomic E-state index is 0.0594. The Morgan fingerprint density at radius 2 is 1.53 bits per heavy atom. The fourth-order valence-electron chi connectivity index (χ4n) is 2.86. The molecule has 0 aliphatic carbocycles.